The molecule has 2 N–H and O–H groups in total. The van der Waals surface area contributed by atoms with Gasteiger partial charge >= 0.3 is 5.97 Å². The molecular weight excluding hydrogens is 609 g/mol. The van der Waals surface area contributed by atoms with Crippen molar-refractivity contribution in [3.05, 3.63) is 84.4 Å². The Kier molecular flexibility index (Phi) is 8.19. The largest absolute Gasteiger partial charge is 0.456 e. The highest BCUT2D eigenvalue weighted by atomic mass is 127. The monoisotopic (exact) mass is 631 g/mol. The van der Waals surface area contributed by atoms with Gasteiger partial charge in [-0.2, -0.15) is 3.22 Å². The number of nitrogens with zero attached hydrogens (tertiary/aromatic N) is 4. The van der Waals surface area contributed by atoms with Crippen LogP contribution in [0.1, 0.15) is 33.4 Å². The standard InChI is InChI=1S/C25H22IN5O7/c26-38-35-12-17(32)21-18(36-25(34)16-9-5-2-6-10-16)11-19(37-21)31-14-29-20-22(27-13-28-23(20)31)30-24(33)15-7-3-1-4-8-15/h1-10,13-14,17-19,21,32H,11-12H2,(H,27,28,30,33)/t17?,18-,19-,21?/m1/s1. The van der Waals surface area contributed by atoms with Crippen LogP contribution in [0.3, 0.4) is 0 Å². The van der Waals surface area contributed by atoms with Gasteiger partial charge in [0, 0.05) is 12.0 Å². The van der Waals surface area contributed by atoms with Gasteiger partial charge in [-0.15, -0.1) is 0 Å². The zero-order chi connectivity index (χ0) is 26.5. The molecule has 0 spiro atoms. The Bertz CT molecular complexity index is 1410. The molecule has 12 nitrogen and oxygen atoms in total. The number of fused-ring (bicyclic) bond motifs is 1. The lowest BCUT2D eigenvalue weighted by Crippen LogP contribution is -2.39. The molecule has 1 aliphatic heterocycles. The first-order chi connectivity index (χ1) is 18.5. The van der Waals surface area contributed by atoms with Crippen molar-refractivity contribution in [3.8, 4) is 0 Å². The molecule has 5 rings (SSSR count). The normalized spacial score (nSPS) is 19.8. The quantitative estimate of drug-likeness (QED) is 0.122. The number of nitrogens with one attached hydrogen (secondary N) is 1. The van der Waals surface area contributed by atoms with Crippen LogP contribution in [0.4, 0.5) is 5.82 Å². The summed E-state index contributed by atoms with van der Waals surface area (Å²) in [6.07, 6.45) is -0.576. The van der Waals surface area contributed by atoms with Crippen LogP contribution in [0, 0.1) is 0 Å². The molecular formula is C25H22IN5O7. The zero-order valence-corrected chi connectivity index (χ0v) is 21.9. The number of amides is 1. The lowest BCUT2D eigenvalue weighted by molar-refractivity contribution is -0.207. The lowest BCUT2D eigenvalue weighted by Gasteiger charge is -2.23. The Morgan fingerprint density at radius 3 is 2.50 bits per heavy atom. The molecule has 2 unspecified atom stereocenters. The molecule has 0 bridgehead atoms. The van der Waals surface area contributed by atoms with Gasteiger partial charge in [-0.25, -0.2) is 24.6 Å². The smallest absolute Gasteiger partial charge is 0.338 e. The first kappa shape index (κ1) is 26.1. The van der Waals surface area contributed by atoms with Crippen LogP contribution in [-0.4, -0.2) is 61.4 Å². The van der Waals surface area contributed by atoms with E-state index in [9.17, 15) is 14.7 Å². The first-order valence-corrected chi connectivity index (χ1v) is 12.5. The maximum absolute atomic E-state index is 12.8. The van der Waals surface area contributed by atoms with Crippen LogP contribution < -0.4 is 5.32 Å². The molecule has 4 aromatic rings. The van der Waals surface area contributed by atoms with Crippen molar-refractivity contribution in [2.45, 2.75) is 31.0 Å². The van der Waals surface area contributed by atoms with Crippen molar-refractivity contribution < 1.29 is 32.3 Å². The number of aliphatic hydroxyl groups excluding tert-OH is 1. The molecule has 13 heteroatoms. The molecule has 3 heterocycles. The number of halogens is 1. The first-order valence-electron chi connectivity index (χ1n) is 11.6. The number of rotatable bonds is 9. The number of carbonyl (C=O) groups excluding carboxylic acids is 2. The minimum atomic E-state index is -1.16. The third-order valence-corrected chi connectivity index (χ3v) is 6.24. The summed E-state index contributed by atoms with van der Waals surface area (Å²) in [5.74, 6) is -0.658. The number of ether oxygens (including phenoxy) is 2. The molecule has 2 aromatic carbocycles. The van der Waals surface area contributed by atoms with Crippen LogP contribution in [0.5, 0.6) is 0 Å². The van der Waals surface area contributed by atoms with Gasteiger partial charge in [-0.05, 0) is 24.3 Å². The summed E-state index contributed by atoms with van der Waals surface area (Å²) in [6, 6.07) is 17.3. The highest BCUT2D eigenvalue weighted by molar-refractivity contribution is 14.1. The fraction of sp³-hybridized carbons (Fsp3) is 0.240. The third-order valence-electron chi connectivity index (χ3n) is 5.98. The number of carbonyl (C=O) groups is 2. The lowest BCUT2D eigenvalue weighted by atomic mass is 10.1. The molecule has 1 saturated heterocycles. The predicted octanol–water partition coefficient (Wildman–Crippen LogP) is 3.25. The molecule has 1 aliphatic rings. The number of aromatic nitrogens is 4. The molecule has 1 amide bonds. The van der Waals surface area contributed by atoms with E-state index in [1.54, 1.807) is 59.2 Å². The zero-order valence-electron chi connectivity index (χ0n) is 19.7. The summed E-state index contributed by atoms with van der Waals surface area (Å²) in [6.45, 7) is -0.206. The minimum Gasteiger partial charge on any atom is -0.456 e. The molecule has 196 valence electrons. The molecule has 2 aromatic heterocycles. The highest BCUT2D eigenvalue weighted by Crippen LogP contribution is 2.35. The number of aliphatic hydroxyl groups is 1. The van der Waals surface area contributed by atoms with Crippen LogP contribution in [0.15, 0.2) is 73.3 Å². The van der Waals surface area contributed by atoms with E-state index in [-0.39, 0.29) is 24.8 Å². The maximum atomic E-state index is 12.8. The van der Waals surface area contributed by atoms with Crippen molar-refractivity contribution in [1.82, 2.24) is 19.5 Å². The van der Waals surface area contributed by atoms with Crippen molar-refractivity contribution in [3.63, 3.8) is 0 Å². The fourth-order valence-corrected chi connectivity index (χ4v) is 4.33. The van der Waals surface area contributed by atoms with Gasteiger partial charge in [0.1, 0.15) is 37.5 Å². The van der Waals surface area contributed by atoms with Crippen molar-refractivity contribution >= 4 is 51.9 Å². The van der Waals surface area contributed by atoms with Crippen LogP contribution >= 0.6 is 23.0 Å². The number of benzene rings is 2. The van der Waals surface area contributed by atoms with E-state index in [0.717, 1.165) is 0 Å². The van der Waals surface area contributed by atoms with Crippen LogP contribution in [0.25, 0.3) is 11.2 Å². The Morgan fingerprint density at radius 1 is 1.08 bits per heavy atom. The second-order valence-corrected chi connectivity index (χ2v) is 8.74. The van der Waals surface area contributed by atoms with Gasteiger partial charge < -0.3 is 19.9 Å². The second-order valence-electron chi connectivity index (χ2n) is 8.38. The summed E-state index contributed by atoms with van der Waals surface area (Å²) < 4.78 is 18.1. The van der Waals surface area contributed by atoms with E-state index in [0.29, 0.717) is 22.3 Å². The number of imidazole rings is 1. The average molecular weight is 631 g/mol. The molecule has 0 aliphatic carbocycles. The number of esters is 1. The Hall–Kier alpha value is -3.50. The Morgan fingerprint density at radius 2 is 1.79 bits per heavy atom. The number of hydrogen-bond acceptors (Lipinski definition) is 10. The summed E-state index contributed by atoms with van der Waals surface area (Å²) >= 11 is 1.54. The summed E-state index contributed by atoms with van der Waals surface area (Å²) in [5.41, 5.74) is 1.58. The summed E-state index contributed by atoms with van der Waals surface area (Å²) in [4.78, 5) is 43.2. The minimum absolute atomic E-state index is 0.201. The van der Waals surface area contributed by atoms with Gasteiger partial charge in [0.2, 0.25) is 0 Å². The fourth-order valence-electron chi connectivity index (χ4n) is 4.18. The molecule has 0 radical (unpaired) electrons. The van der Waals surface area contributed by atoms with Gasteiger partial charge in [0.15, 0.2) is 40.0 Å². The van der Waals surface area contributed by atoms with Gasteiger partial charge in [-0.3, -0.25) is 9.36 Å². The Balaban J connectivity index is 1.38. The van der Waals surface area contributed by atoms with E-state index < -0.39 is 30.5 Å². The van der Waals surface area contributed by atoms with E-state index in [1.165, 1.54) is 35.7 Å². The predicted molar refractivity (Wildman–Crippen MR) is 141 cm³/mol. The van der Waals surface area contributed by atoms with E-state index >= 15 is 0 Å². The maximum Gasteiger partial charge on any atom is 0.338 e. The molecule has 1 fully saturated rings. The summed E-state index contributed by atoms with van der Waals surface area (Å²) in [5, 5.41) is 13.5. The van der Waals surface area contributed by atoms with Gasteiger partial charge in [-0.1, -0.05) is 36.4 Å². The van der Waals surface area contributed by atoms with Crippen LogP contribution in [-0.2, 0) is 17.6 Å². The topological polar surface area (TPSA) is 147 Å². The van der Waals surface area contributed by atoms with Crippen molar-refractivity contribution in [2.75, 3.05) is 11.9 Å². The van der Waals surface area contributed by atoms with Crippen molar-refractivity contribution in [1.29, 1.82) is 0 Å². The van der Waals surface area contributed by atoms with Crippen LogP contribution in [0.2, 0.25) is 0 Å². The van der Waals surface area contributed by atoms with E-state index in [4.69, 9.17) is 14.4 Å². The third kappa shape index (κ3) is 5.66. The second kappa shape index (κ2) is 11.9. The van der Waals surface area contributed by atoms with Gasteiger partial charge in [0.25, 0.3) is 5.91 Å². The SMILES string of the molecule is O=C(Nc1ncnc2c1ncn2[C@H]1C[C@@H](OC(=O)c2ccccc2)C(C(O)COOI)O1)c1ccccc1. The molecule has 0 saturated carbocycles. The average Bonchev–Trinajstić information content (AvgIpc) is 3.57. The Labute approximate surface area is 230 Å². The van der Waals surface area contributed by atoms with E-state index in [2.05, 4.69) is 23.5 Å². The van der Waals surface area contributed by atoms with E-state index in [1.807, 2.05) is 6.07 Å². The highest BCUT2D eigenvalue weighted by Gasteiger charge is 2.43. The summed E-state index contributed by atoms with van der Waals surface area (Å²) in [7, 11) is 0. The van der Waals surface area contributed by atoms with Crippen molar-refractivity contribution in [2.24, 2.45) is 0 Å². The number of hydrogen-bond donors (Lipinski definition) is 2. The van der Waals surface area contributed by atoms with Gasteiger partial charge in [0.05, 0.1) is 11.9 Å². The number of anilines is 1. The molecule has 4 atom stereocenters. The molecule has 38 heavy (non-hydrogen) atoms.